The van der Waals surface area contributed by atoms with E-state index in [1.165, 1.54) is 6.92 Å². The van der Waals surface area contributed by atoms with E-state index < -0.39 is 17.6 Å². The number of ether oxygens (including phenoxy) is 1. The van der Waals surface area contributed by atoms with Gasteiger partial charge in [0.05, 0.1) is 5.92 Å². The molecule has 1 aromatic carbocycles. The van der Waals surface area contributed by atoms with E-state index in [9.17, 15) is 13.6 Å². The Morgan fingerprint density at radius 3 is 2.04 bits per heavy atom. The standard InChI is InChI=1S/C20H24Cl2F2O2/c1-6-11-13(12(7-2)18(24)10(3)17(11)23)9-26-19(25)16-14(8-15(21)22)20(16,4)5/h8,14,16H,6-7,9H2,1-5H3/t14-,16+/m1/s1. The lowest BCUT2D eigenvalue weighted by atomic mass is 9.93. The van der Waals surface area contributed by atoms with E-state index >= 15 is 0 Å². The molecule has 0 unspecified atom stereocenters. The maximum atomic E-state index is 14.4. The number of carbonyl (C=O) groups excluding carboxylic acids is 1. The van der Waals surface area contributed by atoms with Gasteiger partial charge in [-0.1, -0.05) is 50.9 Å². The zero-order valence-corrected chi connectivity index (χ0v) is 17.2. The van der Waals surface area contributed by atoms with Crippen LogP contribution in [-0.4, -0.2) is 5.97 Å². The first-order valence-corrected chi connectivity index (χ1v) is 9.51. The summed E-state index contributed by atoms with van der Waals surface area (Å²) in [7, 11) is 0. The Bertz CT molecular complexity index is 722. The first-order chi connectivity index (χ1) is 12.1. The Balaban J connectivity index is 2.25. The second-order valence-corrected chi connectivity index (χ2v) is 8.29. The van der Waals surface area contributed by atoms with E-state index in [1.807, 2.05) is 13.8 Å². The summed E-state index contributed by atoms with van der Waals surface area (Å²) >= 11 is 11.4. The van der Waals surface area contributed by atoms with E-state index in [1.54, 1.807) is 19.9 Å². The summed E-state index contributed by atoms with van der Waals surface area (Å²) in [4.78, 5) is 12.5. The first kappa shape index (κ1) is 21.2. The highest BCUT2D eigenvalue weighted by Gasteiger charge is 2.61. The van der Waals surface area contributed by atoms with Crippen molar-refractivity contribution in [3.8, 4) is 0 Å². The SMILES string of the molecule is CCc1c(F)c(C)c(F)c(CC)c1COC(=O)[C@@H]1[C@@H](C=C(Cl)Cl)C1(C)C. The Morgan fingerprint density at radius 2 is 1.62 bits per heavy atom. The van der Waals surface area contributed by atoms with Gasteiger partial charge in [-0.05, 0) is 48.3 Å². The van der Waals surface area contributed by atoms with Gasteiger partial charge in [-0.3, -0.25) is 4.79 Å². The van der Waals surface area contributed by atoms with Crippen molar-refractivity contribution in [2.45, 2.75) is 54.1 Å². The summed E-state index contributed by atoms with van der Waals surface area (Å²) < 4.78 is 34.5. The molecule has 1 saturated carbocycles. The Morgan fingerprint density at radius 1 is 1.12 bits per heavy atom. The predicted octanol–water partition coefficient (Wildman–Crippen LogP) is 6.03. The molecule has 0 bridgehead atoms. The van der Waals surface area contributed by atoms with E-state index in [-0.39, 0.29) is 33.9 Å². The molecule has 0 amide bonds. The van der Waals surface area contributed by atoms with Crippen molar-refractivity contribution >= 4 is 29.2 Å². The van der Waals surface area contributed by atoms with Crippen LogP contribution < -0.4 is 0 Å². The molecule has 1 fully saturated rings. The number of carbonyl (C=O) groups is 1. The van der Waals surface area contributed by atoms with Crippen molar-refractivity contribution in [1.82, 2.24) is 0 Å². The zero-order chi connectivity index (χ0) is 19.8. The third-order valence-corrected chi connectivity index (χ3v) is 5.70. The third kappa shape index (κ3) is 3.77. The van der Waals surface area contributed by atoms with Crippen LogP contribution in [0.4, 0.5) is 8.78 Å². The molecule has 0 spiro atoms. The van der Waals surface area contributed by atoms with E-state index in [2.05, 4.69) is 0 Å². The molecule has 2 atom stereocenters. The van der Waals surface area contributed by atoms with Gasteiger partial charge >= 0.3 is 5.97 Å². The van der Waals surface area contributed by atoms with E-state index in [0.29, 0.717) is 29.5 Å². The highest BCUT2D eigenvalue weighted by Crippen LogP contribution is 2.60. The minimum Gasteiger partial charge on any atom is -0.461 e. The third-order valence-electron chi connectivity index (χ3n) is 5.45. The minimum atomic E-state index is -0.560. The largest absolute Gasteiger partial charge is 0.461 e. The Kier molecular flexibility index (Phi) is 6.40. The lowest BCUT2D eigenvalue weighted by molar-refractivity contribution is -0.147. The summed E-state index contributed by atoms with van der Waals surface area (Å²) in [5, 5.41) is 0. The number of hydrogen-bond donors (Lipinski definition) is 0. The molecule has 1 aliphatic carbocycles. The van der Waals surface area contributed by atoms with Gasteiger partial charge in [0.2, 0.25) is 0 Å². The van der Waals surface area contributed by atoms with Crippen LogP contribution in [0.1, 0.15) is 49.9 Å². The van der Waals surface area contributed by atoms with Crippen molar-refractivity contribution in [2.24, 2.45) is 17.3 Å². The van der Waals surface area contributed by atoms with Crippen LogP contribution in [0.2, 0.25) is 0 Å². The van der Waals surface area contributed by atoms with Crippen molar-refractivity contribution in [3.63, 3.8) is 0 Å². The topological polar surface area (TPSA) is 26.3 Å². The lowest BCUT2D eigenvalue weighted by Crippen LogP contribution is -2.15. The molecular formula is C20H24Cl2F2O2. The summed E-state index contributed by atoms with van der Waals surface area (Å²) in [6.07, 6.45) is 2.43. The van der Waals surface area contributed by atoms with Crippen molar-refractivity contribution < 1.29 is 18.3 Å². The van der Waals surface area contributed by atoms with Gasteiger partial charge in [-0.2, -0.15) is 0 Å². The van der Waals surface area contributed by atoms with Crippen LogP contribution in [-0.2, 0) is 29.0 Å². The molecular weight excluding hydrogens is 381 g/mol. The van der Waals surface area contributed by atoms with Crippen LogP contribution in [0, 0.1) is 35.8 Å². The first-order valence-electron chi connectivity index (χ1n) is 8.75. The average Bonchev–Trinajstić information content (AvgIpc) is 3.10. The number of allylic oxidation sites excluding steroid dienone is 1. The molecule has 26 heavy (non-hydrogen) atoms. The van der Waals surface area contributed by atoms with Gasteiger partial charge in [-0.15, -0.1) is 0 Å². The predicted molar refractivity (Wildman–Crippen MR) is 100 cm³/mol. The van der Waals surface area contributed by atoms with Gasteiger partial charge in [0.25, 0.3) is 0 Å². The summed E-state index contributed by atoms with van der Waals surface area (Å²) in [6, 6.07) is 0. The van der Waals surface area contributed by atoms with Gasteiger partial charge in [-0.25, -0.2) is 8.78 Å². The fourth-order valence-electron chi connectivity index (χ4n) is 3.72. The van der Waals surface area contributed by atoms with E-state index in [0.717, 1.165) is 0 Å². The van der Waals surface area contributed by atoms with Crippen LogP contribution >= 0.6 is 23.2 Å². The summed E-state index contributed by atoms with van der Waals surface area (Å²) in [5.41, 5.74) is 0.952. The highest BCUT2D eigenvalue weighted by atomic mass is 35.5. The maximum absolute atomic E-state index is 14.4. The highest BCUT2D eigenvalue weighted by molar-refractivity contribution is 6.55. The fraction of sp³-hybridized carbons (Fsp3) is 0.550. The molecule has 0 heterocycles. The van der Waals surface area contributed by atoms with E-state index in [4.69, 9.17) is 27.9 Å². The smallest absolute Gasteiger partial charge is 0.310 e. The lowest BCUT2D eigenvalue weighted by Gasteiger charge is -2.18. The van der Waals surface area contributed by atoms with Crippen molar-refractivity contribution in [3.05, 3.63) is 44.5 Å². The molecule has 0 N–H and O–H groups in total. The fourth-order valence-corrected chi connectivity index (χ4v) is 3.99. The van der Waals surface area contributed by atoms with Crippen molar-refractivity contribution in [2.75, 3.05) is 0 Å². The maximum Gasteiger partial charge on any atom is 0.310 e. The Labute approximate surface area is 163 Å². The van der Waals surface area contributed by atoms with Gasteiger partial charge in [0.15, 0.2) is 0 Å². The molecule has 1 aromatic rings. The number of hydrogen-bond acceptors (Lipinski definition) is 2. The quantitative estimate of drug-likeness (QED) is 0.540. The van der Waals surface area contributed by atoms with Crippen LogP contribution in [0.5, 0.6) is 0 Å². The van der Waals surface area contributed by atoms with Gasteiger partial charge in [0.1, 0.15) is 22.7 Å². The molecule has 0 aliphatic heterocycles. The van der Waals surface area contributed by atoms with Crippen LogP contribution in [0.3, 0.4) is 0 Å². The molecule has 0 radical (unpaired) electrons. The molecule has 0 aromatic heterocycles. The van der Waals surface area contributed by atoms with Gasteiger partial charge < -0.3 is 4.74 Å². The second kappa shape index (κ2) is 7.85. The number of esters is 1. The molecule has 0 saturated heterocycles. The average molecular weight is 405 g/mol. The normalized spacial score (nSPS) is 20.7. The summed E-state index contributed by atoms with van der Waals surface area (Å²) in [5.74, 6) is -2.01. The Hall–Kier alpha value is -1.13. The number of halogens is 4. The molecule has 6 heteroatoms. The number of benzene rings is 1. The van der Waals surface area contributed by atoms with Crippen molar-refractivity contribution in [1.29, 1.82) is 0 Å². The monoisotopic (exact) mass is 404 g/mol. The molecule has 1 aliphatic rings. The zero-order valence-electron chi connectivity index (χ0n) is 15.7. The molecule has 144 valence electrons. The van der Waals surface area contributed by atoms with Gasteiger partial charge in [0, 0.05) is 11.1 Å². The second-order valence-electron chi connectivity index (χ2n) is 7.28. The number of rotatable bonds is 6. The van der Waals surface area contributed by atoms with Crippen LogP contribution in [0.15, 0.2) is 10.6 Å². The molecule has 2 nitrogen and oxygen atoms in total. The summed E-state index contributed by atoms with van der Waals surface area (Å²) in [6.45, 7) is 8.74. The molecule has 2 rings (SSSR count). The van der Waals surface area contributed by atoms with Crippen LogP contribution in [0.25, 0.3) is 0 Å². The minimum absolute atomic E-state index is 0.0130.